The molecule has 0 aliphatic heterocycles. The van der Waals surface area contributed by atoms with E-state index in [0.717, 1.165) is 4.90 Å². The lowest BCUT2D eigenvalue weighted by Gasteiger charge is -2.07. The Kier molecular flexibility index (Phi) is 7.35. The molecule has 0 unspecified atom stereocenters. The van der Waals surface area contributed by atoms with Gasteiger partial charge in [0.2, 0.25) is 0 Å². The Bertz CT molecular complexity index is 775. The number of ether oxygens (including phenoxy) is 1. The molecule has 5 nitrogen and oxygen atoms in total. The molecule has 1 N–H and O–H groups in total. The van der Waals surface area contributed by atoms with Crippen LogP contribution in [0.25, 0.3) is 0 Å². The van der Waals surface area contributed by atoms with Gasteiger partial charge in [-0.05, 0) is 55.5 Å². The summed E-state index contributed by atoms with van der Waals surface area (Å²) in [7, 11) is 0. The summed E-state index contributed by atoms with van der Waals surface area (Å²) in [5.74, 6) is -1.30. The smallest absolute Gasteiger partial charge is 0.313 e. The van der Waals surface area contributed by atoms with Gasteiger partial charge in [0.25, 0.3) is 5.91 Å². The van der Waals surface area contributed by atoms with Crippen LogP contribution in [-0.2, 0) is 14.3 Å². The lowest BCUT2D eigenvalue weighted by atomic mass is 10.2. The predicted octanol–water partition coefficient (Wildman–Crippen LogP) is 3.69. The van der Waals surface area contributed by atoms with Crippen LogP contribution in [0.3, 0.4) is 0 Å². The van der Waals surface area contributed by atoms with Crippen LogP contribution in [0.5, 0.6) is 0 Å². The summed E-state index contributed by atoms with van der Waals surface area (Å²) in [6.45, 7) is 1.94. The van der Waals surface area contributed by atoms with E-state index in [2.05, 4.69) is 5.32 Å². The van der Waals surface area contributed by atoms with Gasteiger partial charge in [-0.15, -0.1) is 11.8 Å². The number of carbonyl (C=O) groups is 3. The summed E-state index contributed by atoms with van der Waals surface area (Å²) >= 11 is 1.30. The standard InChI is InChI=1S/C19H18FNO4S/c1-2-25-18(23)11-16(22)12-26-17-9-7-15(8-10-17)21-19(24)13-3-5-14(20)6-4-13/h3-10H,2,11-12H2,1H3,(H,21,24). The molecule has 0 spiro atoms. The van der Waals surface area contributed by atoms with Gasteiger partial charge in [-0.25, -0.2) is 4.39 Å². The average molecular weight is 375 g/mol. The zero-order chi connectivity index (χ0) is 18.9. The number of amides is 1. The first-order valence-electron chi connectivity index (χ1n) is 7.95. The Morgan fingerprint density at radius 1 is 1.04 bits per heavy atom. The number of hydrogen-bond acceptors (Lipinski definition) is 5. The highest BCUT2D eigenvalue weighted by molar-refractivity contribution is 8.00. The summed E-state index contributed by atoms with van der Waals surface area (Å²) in [4.78, 5) is 35.8. The minimum atomic E-state index is -0.517. The van der Waals surface area contributed by atoms with Crippen molar-refractivity contribution in [1.29, 1.82) is 0 Å². The first kappa shape index (κ1) is 19.7. The fraction of sp³-hybridized carbons (Fsp3) is 0.211. The van der Waals surface area contributed by atoms with Gasteiger partial charge in [-0.1, -0.05) is 0 Å². The molecular weight excluding hydrogens is 357 g/mol. The summed E-state index contributed by atoms with van der Waals surface area (Å²) in [5, 5.41) is 2.71. The Morgan fingerprint density at radius 2 is 1.69 bits per heavy atom. The number of nitrogens with one attached hydrogen (secondary N) is 1. The quantitative estimate of drug-likeness (QED) is 0.433. The van der Waals surface area contributed by atoms with E-state index < -0.39 is 11.8 Å². The summed E-state index contributed by atoms with van der Waals surface area (Å²) < 4.78 is 17.6. The number of thioether (sulfide) groups is 1. The van der Waals surface area contributed by atoms with Crippen molar-refractivity contribution in [3.63, 3.8) is 0 Å². The number of Topliss-reactive ketones (excluding diaryl/α,β-unsaturated/α-hetero) is 1. The molecule has 2 aromatic rings. The fourth-order valence-electron chi connectivity index (χ4n) is 2.03. The third-order valence-corrected chi connectivity index (χ3v) is 4.34. The van der Waals surface area contributed by atoms with Crippen molar-refractivity contribution >= 4 is 35.1 Å². The lowest BCUT2D eigenvalue weighted by molar-refractivity contribution is -0.145. The molecule has 2 aromatic carbocycles. The first-order chi connectivity index (χ1) is 12.5. The van der Waals surface area contributed by atoms with E-state index in [4.69, 9.17) is 4.74 Å². The second kappa shape index (κ2) is 9.72. The van der Waals surface area contributed by atoms with E-state index in [1.54, 1.807) is 31.2 Å². The number of esters is 1. The Balaban J connectivity index is 1.84. The van der Waals surface area contributed by atoms with Gasteiger partial charge in [0.05, 0.1) is 12.4 Å². The summed E-state index contributed by atoms with van der Waals surface area (Å²) in [6, 6.07) is 12.2. The molecule has 7 heteroatoms. The zero-order valence-electron chi connectivity index (χ0n) is 14.2. The van der Waals surface area contributed by atoms with E-state index in [1.165, 1.54) is 36.0 Å². The van der Waals surface area contributed by atoms with Gasteiger partial charge in [0, 0.05) is 16.1 Å². The average Bonchev–Trinajstić information content (AvgIpc) is 2.62. The lowest BCUT2D eigenvalue weighted by Crippen LogP contribution is -2.12. The number of rotatable bonds is 8. The topological polar surface area (TPSA) is 72.5 Å². The molecule has 0 aliphatic carbocycles. The number of benzene rings is 2. The largest absolute Gasteiger partial charge is 0.466 e. The Labute approximate surface area is 154 Å². The minimum Gasteiger partial charge on any atom is -0.466 e. The maximum absolute atomic E-state index is 12.9. The zero-order valence-corrected chi connectivity index (χ0v) is 15.0. The van der Waals surface area contributed by atoms with E-state index >= 15 is 0 Å². The second-order valence-corrected chi connectivity index (χ2v) is 6.34. The maximum Gasteiger partial charge on any atom is 0.313 e. The molecule has 26 heavy (non-hydrogen) atoms. The van der Waals surface area contributed by atoms with Crippen LogP contribution in [0, 0.1) is 5.82 Å². The Morgan fingerprint density at radius 3 is 2.31 bits per heavy atom. The van der Waals surface area contributed by atoms with Crippen LogP contribution in [-0.4, -0.2) is 30.0 Å². The molecule has 0 saturated heterocycles. The highest BCUT2D eigenvalue weighted by atomic mass is 32.2. The third-order valence-electron chi connectivity index (χ3n) is 3.27. The molecule has 0 aliphatic rings. The van der Waals surface area contributed by atoms with Crippen molar-refractivity contribution < 1.29 is 23.5 Å². The molecule has 136 valence electrons. The molecule has 0 fully saturated rings. The number of hydrogen-bond donors (Lipinski definition) is 1. The number of ketones is 1. The van der Waals surface area contributed by atoms with Crippen LogP contribution in [0.4, 0.5) is 10.1 Å². The fourth-order valence-corrected chi connectivity index (χ4v) is 2.79. The minimum absolute atomic E-state index is 0.167. The normalized spacial score (nSPS) is 10.2. The molecule has 2 rings (SSSR count). The van der Waals surface area contributed by atoms with Crippen molar-refractivity contribution in [2.24, 2.45) is 0 Å². The molecule has 0 saturated carbocycles. The molecule has 0 heterocycles. The van der Waals surface area contributed by atoms with Crippen LogP contribution in [0.1, 0.15) is 23.7 Å². The highest BCUT2D eigenvalue weighted by Crippen LogP contribution is 2.21. The molecule has 0 atom stereocenters. The predicted molar refractivity (Wildman–Crippen MR) is 97.8 cm³/mol. The van der Waals surface area contributed by atoms with Crippen molar-refractivity contribution in [2.75, 3.05) is 17.7 Å². The number of halogens is 1. The van der Waals surface area contributed by atoms with Crippen molar-refractivity contribution in [3.05, 3.63) is 59.9 Å². The van der Waals surface area contributed by atoms with E-state index in [9.17, 15) is 18.8 Å². The van der Waals surface area contributed by atoms with Gasteiger partial charge in [-0.3, -0.25) is 14.4 Å². The molecule has 1 amide bonds. The van der Waals surface area contributed by atoms with Crippen molar-refractivity contribution in [3.8, 4) is 0 Å². The van der Waals surface area contributed by atoms with Crippen LogP contribution in [0.15, 0.2) is 53.4 Å². The number of anilines is 1. The van der Waals surface area contributed by atoms with Crippen LogP contribution >= 0.6 is 11.8 Å². The van der Waals surface area contributed by atoms with Crippen LogP contribution in [0.2, 0.25) is 0 Å². The molecular formula is C19H18FNO4S. The van der Waals surface area contributed by atoms with Crippen molar-refractivity contribution in [2.45, 2.75) is 18.2 Å². The van der Waals surface area contributed by atoms with Gasteiger partial charge < -0.3 is 10.1 Å². The first-order valence-corrected chi connectivity index (χ1v) is 8.93. The SMILES string of the molecule is CCOC(=O)CC(=O)CSc1ccc(NC(=O)c2ccc(F)cc2)cc1. The van der Waals surface area contributed by atoms with E-state index in [-0.39, 0.29) is 30.5 Å². The second-order valence-electron chi connectivity index (χ2n) is 5.29. The monoisotopic (exact) mass is 375 g/mol. The maximum atomic E-state index is 12.9. The van der Waals surface area contributed by atoms with Gasteiger partial charge in [0.15, 0.2) is 5.78 Å². The molecule has 0 radical (unpaired) electrons. The molecule has 0 bridgehead atoms. The van der Waals surface area contributed by atoms with Gasteiger partial charge in [0.1, 0.15) is 12.2 Å². The highest BCUT2D eigenvalue weighted by Gasteiger charge is 2.11. The summed E-state index contributed by atoms with van der Waals surface area (Å²) in [6.07, 6.45) is -0.230. The molecule has 0 aromatic heterocycles. The summed E-state index contributed by atoms with van der Waals surface area (Å²) in [5.41, 5.74) is 0.941. The number of carbonyl (C=O) groups excluding carboxylic acids is 3. The van der Waals surface area contributed by atoms with Gasteiger partial charge >= 0.3 is 5.97 Å². The van der Waals surface area contributed by atoms with Gasteiger partial charge in [-0.2, -0.15) is 0 Å². The van der Waals surface area contributed by atoms with Crippen molar-refractivity contribution in [1.82, 2.24) is 0 Å². The Hall–Kier alpha value is -2.67. The van der Waals surface area contributed by atoms with E-state index in [1.807, 2.05) is 0 Å². The van der Waals surface area contributed by atoms with Crippen LogP contribution < -0.4 is 5.32 Å². The van der Waals surface area contributed by atoms with E-state index in [0.29, 0.717) is 11.3 Å². The third kappa shape index (κ3) is 6.33.